The minimum absolute atomic E-state index is 0.364. The molecule has 3 amide bonds. The topological polar surface area (TPSA) is 217 Å². The monoisotopic (exact) mass is 433 g/mol. The number of carbonyl (C=O) groups excluding carboxylic acids is 3. The number of aliphatic carboxylic acids is 1. The quantitative estimate of drug-likeness (QED) is 0.131. The maximum absolute atomic E-state index is 12.6. The second kappa shape index (κ2) is 13.9. The standard InChI is InChI=1S/C18H35N5O7/c1-9(2)13(22-15(26)11(20)6-4-5-7-19)17(28)21-12(8-24)16(27)23-14(10(3)25)18(29)30/h9-14,24-25H,4-8,19-20H2,1-3H3,(H,21,28)(H,22,26)(H,23,27)(H,29,30). The molecule has 12 nitrogen and oxygen atoms in total. The first kappa shape index (κ1) is 27.7. The third-order valence-corrected chi connectivity index (χ3v) is 4.41. The molecule has 0 aromatic rings. The largest absolute Gasteiger partial charge is 0.480 e. The average Bonchev–Trinajstić information content (AvgIpc) is 2.66. The molecule has 0 fully saturated rings. The lowest BCUT2D eigenvalue weighted by Gasteiger charge is -2.26. The minimum atomic E-state index is -1.62. The van der Waals surface area contributed by atoms with Gasteiger partial charge in [-0.2, -0.15) is 0 Å². The van der Waals surface area contributed by atoms with E-state index in [-0.39, 0.29) is 5.92 Å². The molecule has 0 spiro atoms. The Bertz CT molecular complexity index is 585. The fourth-order valence-electron chi connectivity index (χ4n) is 2.53. The van der Waals surface area contributed by atoms with Crippen LogP contribution in [0.25, 0.3) is 0 Å². The number of unbranched alkanes of at least 4 members (excludes halogenated alkanes) is 1. The molecule has 5 unspecified atom stereocenters. The molecule has 0 aliphatic carbocycles. The number of amides is 3. The number of hydrogen-bond donors (Lipinski definition) is 8. The average molecular weight is 434 g/mol. The highest BCUT2D eigenvalue weighted by Crippen LogP contribution is 2.05. The summed E-state index contributed by atoms with van der Waals surface area (Å²) in [5, 5.41) is 34.8. The lowest BCUT2D eigenvalue weighted by molar-refractivity contribution is -0.145. The smallest absolute Gasteiger partial charge is 0.328 e. The fraction of sp³-hybridized carbons (Fsp3) is 0.778. The first-order valence-electron chi connectivity index (χ1n) is 9.84. The van der Waals surface area contributed by atoms with Gasteiger partial charge in [0.1, 0.15) is 12.1 Å². The Morgan fingerprint density at radius 1 is 0.900 bits per heavy atom. The van der Waals surface area contributed by atoms with Gasteiger partial charge in [0, 0.05) is 0 Å². The summed E-state index contributed by atoms with van der Waals surface area (Å²) in [5.41, 5.74) is 11.2. The van der Waals surface area contributed by atoms with Crippen LogP contribution in [0.15, 0.2) is 0 Å². The molecule has 0 aliphatic heterocycles. The van der Waals surface area contributed by atoms with Crippen molar-refractivity contribution in [3.63, 3.8) is 0 Å². The Labute approximate surface area is 175 Å². The predicted octanol–water partition coefficient (Wildman–Crippen LogP) is -2.99. The van der Waals surface area contributed by atoms with Gasteiger partial charge in [0.05, 0.1) is 18.8 Å². The molecule has 12 heteroatoms. The maximum Gasteiger partial charge on any atom is 0.328 e. The number of carboxylic acids is 1. The van der Waals surface area contributed by atoms with E-state index < -0.39 is 60.6 Å². The number of aliphatic hydroxyl groups is 2. The second-order valence-corrected chi connectivity index (χ2v) is 7.43. The van der Waals surface area contributed by atoms with Crippen LogP contribution in [0.4, 0.5) is 0 Å². The second-order valence-electron chi connectivity index (χ2n) is 7.43. The zero-order valence-electron chi connectivity index (χ0n) is 17.6. The van der Waals surface area contributed by atoms with Crippen LogP contribution in [0, 0.1) is 5.92 Å². The molecular formula is C18H35N5O7. The van der Waals surface area contributed by atoms with Crippen molar-refractivity contribution in [2.24, 2.45) is 17.4 Å². The summed E-state index contributed by atoms with van der Waals surface area (Å²) in [6.07, 6.45) is 0.369. The molecular weight excluding hydrogens is 398 g/mol. The van der Waals surface area contributed by atoms with Crippen LogP contribution in [0.2, 0.25) is 0 Å². The van der Waals surface area contributed by atoms with E-state index >= 15 is 0 Å². The molecule has 5 atom stereocenters. The zero-order valence-corrected chi connectivity index (χ0v) is 17.6. The lowest BCUT2D eigenvalue weighted by Crippen LogP contribution is -2.60. The van der Waals surface area contributed by atoms with Crippen LogP contribution in [-0.4, -0.2) is 82.4 Å². The van der Waals surface area contributed by atoms with Crippen molar-refractivity contribution in [2.45, 2.75) is 70.3 Å². The Hall–Kier alpha value is -2.28. The van der Waals surface area contributed by atoms with E-state index in [4.69, 9.17) is 16.6 Å². The summed E-state index contributed by atoms with van der Waals surface area (Å²) in [6.45, 7) is 4.18. The Morgan fingerprint density at radius 3 is 1.90 bits per heavy atom. The molecule has 0 heterocycles. The molecule has 174 valence electrons. The van der Waals surface area contributed by atoms with Gasteiger partial charge in [0.15, 0.2) is 6.04 Å². The highest BCUT2D eigenvalue weighted by molar-refractivity contribution is 5.94. The highest BCUT2D eigenvalue weighted by Gasteiger charge is 2.32. The van der Waals surface area contributed by atoms with Crippen LogP contribution in [0.3, 0.4) is 0 Å². The van der Waals surface area contributed by atoms with Gasteiger partial charge in [-0.15, -0.1) is 0 Å². The summed E-state index contributed by atoms with van der Waals surface area (Å²) in [6, 6.07) is -4.96. The highest BCUT2D eigenvalue weighted by atomic mass is 16.4. The maximum atomic E-state index is 12.6. The Balaban J connectivity index is 5.07. The number of carboxylic acid groups (broad SMARTS) is 1. The van der Waals surface area contributed by atoms with Crippen molar-refractivity contribution in [1.29, 1.82) is 0 Å². The number of nitrogens with two attached hydrogens (primary N) is 2. The minimum Gasteiger partial charge on any atom is -0.480 e. The van der Waals surface area contributed by atoms with Gasteiger partial charge in [-0.25, -0.2) is 4.79 Å². The van der Waals surface area contributed by atoms with Gasteiger partial charge in [0.2, 0.25) is 17.7 Å². The van der Waals surface area contributed by atoms with E-state index in [9.17, 15) is 29.4 Å². The van der Waals surface area contributed by atoms with Crippen LogP contribution in [0.5, 0.6) is 0 Å². The van der Waals surface area contributed by atoms with Crippen molar-refractivity contribution in [2.75, 3.05) is 13.2 Å². The first-order valence-corrected chi connectivity index (χ1v) is 9.84. The zero-order chi connectivity index (χ0) is 23.4. The van der Waals surface area contributed by atoms with Gasteiger partial charge >= 0.3 is 5.97 Å². The number of nitrogens with one attached hydrogen (secondary N) is 3. The predicted molar refractivity (Wildman–Crippen MR) is 108 cm³/mol. The van der Waals surface area contributed by atoms with Crippen molar-refractivity contribution >= 4 is 23.7 Å². The molecule has 0 aliphatic rings. The summed E-state index contributed by atoms with van der Waals surface area (Å²) in [7, 11) is 0. The van der Waals surface area contributed by atoms with E-state index in [1.54, 1.807) is 13.8 Å². The van der Waals surface area contributed by atoms with Gasteiger partial charge in [-0.3, -0.25) is 14.4 Å². The Kier molecular flexibility index (Phi) is 12.8. The van der Waals surface area contributed by atoms with E-state index in [2.05, 4.69) is 10.6 Å². The normalized spacial score (nSPS) is 16.1. The summed E-state index contributed by atoms with van der Waals surface area (Å²) < 4.78 is 0. The number of hydrogen-bond acceptors (Lipinski definition) is 8. The molecule has 0 saturated carbocycles. The molecule has 0 saturated heterocycles. The SMILES string of the molecule is CC(C)C(NC(=O)C(N)CCCCN)C(=O)NC(CO)C(=O)NC(C(=O)O)C(C)O. The molecule has 0 aromatic heterocycles. The third-order valence-electron chi connectivity index (χ3n) is 4.41. The van der Waals surface area contributed by atoms with E-state index in [0.29, 0.717) is 25.8 Å². The summed E-state index contributed by atoms with van der Waals surface area (Å²) in [5.74, 6) is -4.11. The van der Waals surface area contributed by atoms with Crippen LogP contribution >= 0.6 is 0 Å². The third kappa shape index (κ3) is 9.48. The Morgan fingerprint density at radius 2 is 1.47 bits per heavy atom. The molecule has 0 aromatic carbocycles. The van der Waals surface area contributed by atoms with Crippen molar-refractivity contribution in [3.8, 4) is 0 Å². The van der Waals surface area contributed by atoms with E-state index in [1.807, 2.05) is 5.32 Å². The lowest BCUT2D eigenvalue weighted by atomic mass is 10.0. The van der Waals surface area contributed by atoms with Crippen LogP contribution < -0.4 is 27.4 Å². The van der Waals surface area contributed by atoms with E-state index in [1.165, 1.54) is 6.92 Å². The molecule has 30 heavy (non-hydrogen) atoms. The van der Waals surface area contributed by atoms with Gasteiger partial charge in [-0.05, 0) is 32.2 Å². The molecule has 0 radical (unpaired) electrons. The fourth-order valence-corrected chi connectivity index (χ4v) is 2.53. The molecule has 10 N–H and O–H groups in total. The van der Waals surface area contributed by atoms with E-state index in [0.717, 1.165) is 0 Å². The van der Waals surface area contributed by atoms with Crippen LogP contribution in [-0.2, 0) is 19.2 Å². The van der Waals surface area contributed by atoms with Gasteiger partial charge in [-0.1, -0.05) is 20.3 Å². The van der Waals surface area contributed by atoms with Gasteiger partial charge < -0.3 is 42.7 Å². The van der Waals surface area contributed by atoms with Crippen molar-refractivity contribution in [1.82, 2.24) is 16.0 Å². The van der Waals surface area contributed by atoms with Crippen LogP contribution in [0.1, 0.15) is 40.0 Å². The van der Waals surface area contributed by atoms with Gasteiger partial charge in [0.25, 0.3) is 0 Å². The number of rotatable bonds is 14. The van der Waals surface area contributed by atoms with Crippen molar-refractivity contribution < 1.29 is 34.5 Å². The number of aliphatic hydroxyl groups excluding tert-OH is 2. The van der Waals surface area contributed by atoms with Crippen molar-refractivity contribution in [3.05, 3.63) is 0 Å². The summed E-state index contributed by atoms with van der Waals surface area (Å²) in [4.78, 5) is 48.2. The molecule has 0 rings (SSSR count). The first-order chi connectivity index (χ1) is 14.0. The number of carbonyl (C=O) groups is 4. The molecule has 0 bridgehead atoms. The summed E-state index contributed by atoms with van der Waals surface area (Å²) >= 11 is 0.